The molecule has 0 aliphatic heterocycles. The predicted octanol–water partition coefficient (Wildman–Crippen LogP) is 2.20. The van der Waals surface area contributed by atoms with Gasteiger partial charge < -0.3 is 19.9 Å². The number of nitrogen functional groups attached to an aromatic ring is 1. The van der Waals surface area contributed by atoms with Crippen LogP contribution < -0.4 is 10.5 Å². The van der Waals surface area contributed by atoms with Crippen LogP contribution in [0.3, 0.4) is 0 Å². The van der Waals surface area contributed by atoms with E-state index in [1.54, 1.807) is 35.9 Å². The number of amides is 1. The van der Waals surface area contributed by atoms with Crippen molar-refractivity contribution in [2.75, 3.05) is 19.9 Å². The van der Waals surface area contributed by atoms with E-state index in [1.807, 2.05) is 32.2 Å². The number of benzene rings is 1. The number of rotatable bonds is 4. The van der Waals surface area contributed by atoms with E-state index in [0.717, 1.165) is 16.9 Å². The van der Waals surface area contributed by atoms with Crippen LogP contribution in [0.1, 0.15) is 21.6 Å². The number of ether oxygens (including phenoxy) is 1. The van der Waals surface area contributed by atoms with Crippen molar-refractivity contribution in [3.63, 3.8) is 0 Å². The molecule has 0 spiro atoms. The maximum atomic E-state index is 12.5. The first-order valence-corrected chi connectivity index (χ1v) is 6.73. The van der Waals surface area contributed by atoms with Crippen molar-refractivity contribution in [2.24, 2.45) is 7.05 Å². The predicted molar refractivity (Wildman–Crippen MR) is 83.4 cm³/mol. The Morgan fingerprint density at radius 3 is 2.67 bits per heavy atom. The average molecular weight is 287 g/mol. The van der Waals surface area contributed by atoms with Crippen LogP contribution in [0.5, 0.6) is 5.75 Å². The molecule has 0 atom stereocenters. The molecule has 0 saturated heterocycles. The van der Waals surface area contributed by atoms with Gasteiger partial charge in [-0.15, -0.1) is 0 Å². The largest absolute Gasteiger partial charge is 0.496 e. The molecule has 2 aromatic rings. The van der Waals surface area contributed by atoms with Crippen molar-refractivity contribution in [1.29, 1.82) is 0 Å². The summed E-state index contributed by atoms with van der Waals surface area (Å²) in [5.41, 5.74) is 9.00. The zero-order valence-corrected chi connectivity index (χ0v) is 12.9. The summed E-state index contributed by atoms with van der Waals surface area (Å²) in [6.45, 7) is 2.50. The number of hydrogen-bond donors (Lipinski definition) is 1. The fraction of sp³-hybridized carbons (Fsp3) is 0.312. The van der Waals surface area contributed by atoms with Gasteiger partial charge in [0.15, 0.2) is 0 Å². The third-order valence-electron chi connectivity index (χ3n) is 3.44. The normalized spacial score (nSPS) is 10.5. The van der Waals surface area contributed by atoms with Crippen molar-refractivity contribution in [2.45, 2.75) is 13.5 Å². The molecule has 0 unspecified atom stereocenters. The molecule has 2 N–H and O–H groups in total. The minimum Gasteiger partial charge on any atom is -0.496 e. The molecular formula is C16H21N3O2. The Balaban J connectivity index is 2.21. The van der Waals surface area contributed by atoms with Gasteiger partial charge in [-0.3, -0.25) is 4.79 Å². The van der Waals surface area contributed by atoms with Crippen molar-refractivity contribution in [3.8, 4) is 5.75 Å². The quantitative estimate of drug-likeness (QED) is 0.937. The van der Waals surface area contributed by atoms with Crippen LogP contribution in [0.25, 0.3) is 0 Å². The molecule has 0 bridgehead atoms. The summed E-state index contributed by atoms with van der Waals surface area (Å²) < 4.78 is 7.09. The van der Waals surface area contributed by atoms with E-state index in [-0.39, 0.29) is 5.91 Å². The Hall–Kier alpha value is -2.43. The highest BCUT2D eigenvalue weighted by Gasteiger charge is 2.17. The van der Waals surface area contributed by atoms with Crippen molar-refractivity contribution in [3.05, 3.63) is 47.3 Å². The van der Waals surface area contributed by atoms with Gasteiger partial charge in [0.05, 0.1) is 12.8 Å². The Labute approximate surface area is 124 Å². The lowest BCUT2D eigenvalue weighted by molar-refractivity contribution is 0.0774. The highest BCUT2D eigenvalue weighted by atomic mass is 16.5. The Bertz CT molecular complexity index is 662. The number of anilines is 1. The van der Waals surface area contributed by atoms with Gasteiger partial charge >= 0.3 is 0 Å². The monoisotopic (exact) mass is 287 g/mol. The van der Waals surface area contributed by atoms with Crippen LogP contribution >= 0.6 is 0 Å². The van der Waals surface area contributed by atoms with Gasteiger partial charge in [-0.05, 0) is 19.1 Å². The zero-order chi connectivity index (χ0) is 15.6. The third-order valence-corrected chi connectivity index (χ3v) is 3.44. The molecule has 5 heteroatoms. The van der Waals surface area contributed by atoms with E-state index in [0.29, 0.717) is 17.9 Å². The number of hydrogen-bond acceptors (Lipinski definition) is 3. The third kappa shape index (κ3) is 3.18. The van der Waals surface area contributed by atoms with Crippen LogP contribution in [0, 0.1) is 6.92 Å². The lowest BCUT2D eigenvalue weighted by Crippen LogP contribution is -2.28. The molecule has 0 aliphatic rings. The molecule has 0 radical (unpaired) electrons. The zero-order valence-electron chi connectivity index (χ0n) is 12.9. The molecule has 112 valence electrons. The van der Waals surface area contributed by atoms with Crippen LogP contribution in [0.15, 0.2) is 30.5 Å². The molecule has 1 amide bonds. The highest BCUT2D eigenvalue weighted by molar-refractivity contribution is 5.93. The van der Waals surface area contributed by atoms with Gasteiger partial charge in [0, 0.05) is 32.4 Å². The fourth-order valence-corrected chi connectivity index (χ4v) is 2.36. The minimum atomic E-state index is -0.0715. The summed E-state index contributed by atoms with van der Waals surface area (Å²) in [5.74, 6) is 0.712. The van der Waals surface area contributed by atoms with Crippen LogP contribution in [-0.4, -0.2) is 29.5 Å². The van der Waals surface area contributed by atoms with Gasteiger partial charge in [-0.25, -0.2) is 0 Å². The van der Waals surface area contributed by atoms with Gasteiger partial charge in [0.2, 0.25) is 0 Å². The second kappa shape index (κ2) is 5.91. The Morgan fingerprint density at radius 1 is 1.38 bits per heavy atom. The molecule has 1 aromatic heterocycles. The van der Waals surface area contributed by atoms with E-state index < -0.39 is 0 Å². The molecule has 1 heterocycles. The maximum Gasteiger partial charge on any atom is 0.270 e. The highest BCUT2D eigenvalue weighted by Crippen LogP contribution is 2.22. The summed E-state index contributed by atoms with van der Waals surface area (Å²) in [6.07, 6.45) is 1.73. The number of methoxy groups -OCH3 is 1. The van der Waals surface area contributed by atoms with Gasteiger partial charge in [-0.1, -0.05) is 17.7 Å². The number of aryl methyl sites for hydroxylation is 2. The van der Waals surface area contributed by atoms with E-state index in [9.17, 15) is 4.79 Å². The van der Waals surface area contributed by atoms with Crippen molar-refractivity contribution >= 4 is 11.6 Å². The lowest BCUT2D eigenvalue weighted by Gasteiger charge is -2.19. The topological polar surface area (TPSA) is 60.5 Å². The lowest BCUT2D eigenvalue weighted by atomic mass is 10.1. The standard InChI is InChI=1S/C16H21N3O2/c1-11-5-6-15(21-4)12(7-11)9-19(3)16(20)14-8-13(17)10-18(14)2/h5-8,10H,9,17H2,1-4H3. The molecular weight excluding hydrogens is 266 g/mol. The maximum absolute atomic E-state index is 12.5. The molecule has 0 aliphatic carbocycles. The smallest absolute Gasteiger partial charge is 0.270 e. The number of nitrogens with two attached hydrogens (primary N) is 1. The van der Waals surface area contributed by atoms with Crippen molar-refractivity contribution < 1.29 is 9.53 Å². The number of carbonyl (C=O) groups is 1. The van der Waals surface area contributed by atoms with E-state index in [1.165, 1.54) is 0 Å². The first-order valence-electron chi connectivity index (χ1n) is 6.73. The fourth-order valence-electron chi connectivity index (χ4n) is 2.36. The molecule has 1 aromatic carbocycles. The first kappa shape index (κ1) is 15.0. The number of nitrogens with zero attached hydrogens (tertiary/aromatic N) is 2. The second-order valence-electron chi connectivity index (χ2n) is 5.25. The van der Waals surface area contributed by atoms with Crippen molar-refractivity contribution in [1.82, 2.24) is 9.47 Å². The van der Waals surface area contributed by atoms with E-state index >= 15 is 0 Å². The molecule has 5 nitrogen and oxygen atoms in total. The Morgan fingerprint density at radius 2 is 2.10 bits per heavy atom. The summed E-state index contributed by atoms with van der Waals surface area (Å²) in [4.78, 5) is 14.1. The van der Waals surface area contributed by atoms with Gasteiger partial charge in [0.25, 0.3) is 5.91 Å². The van der Waals surface area contributed by atoms with Gasteiger partial charge in [0.1, 0.15) is 11.4 Å². The summed E-state index contributed by atoms with van der Waals surface area (Å²) >= 11 is 0. The Kier molecular flexibility index (Phi) is 4.21. The number of aromatic nitrogens is 1. The van der Waals surface area contributed by atoms with E-state index in [4.69, 9.17) is 10.5 Å². The SMILES string of the molecule is COc1ccc(C)cc1CN(C)C(=O)c1cc(N)cn1C. The first-order chi connectivity index (χ1) is 9.92. The number of carbonyl (C=O) groups excluding carboxylic acids is 1. The van der Waals surface area contributed by atoms with Crippen LogP contribution in [0.2, 0.25) is 0 Å². The van der Waals surface area contributed by atoms with Crippen LogP contribution in [-0.2, 0) is 13.6 Å². The average Bonchev–Trinajstić information content (AvgIpc) is 2.77. The minimum absolute atomic E-state index is 0.0715. The van der Waals surface area contributed by atoms with Gasteiger partial charge in [-0.2, -0.15) is 0 Å². The molecule has 21 heavy (non-hydrogen) atoms. The van der Waals surface area contributed by atoms with Crippen LogP contribution in [0.4, 0.5) is 5.69 Å². The summed E-state index contributed by atoms with van der Waals surface area (Å²) in [5, 5.41) is 0. The van der Waals surface area contributed by atoms with E-state index in [2.05, 4.69) is 0 Å². The molecule has 0 saturated carbocycles. The summed E-state index contributed by atoms with van der Waals surface area (Å²) in [7, 11) is 5.21. The molecule has 0 fully saturated rings. The molecule has 2 rings (SSSR count). The second-order valence-corrected chi connectivity index (χ2v) is 5.25. The summed E-state index contributed by atoms with van der Waals surface area (Å²) in [6, 6.07) is 7.62.